The van der Waals surface area contributed by atoms with Crippen molar-refractivity contribution >= 4 is 0 Å². The van der Waals surface area contributed by atoms with E-state index in [1.54, 1.807) is 0 Å². The third-order valence-corrected chi connectivity index (χ3v) is 3.74. The summed E-state index contributed by atoms with van der Waals surface area (Å²) in [5, 5.41) is 10.1. The minimum Gasteiger partial charge on any atom is -0.393 e. The van der Waals surface area contributed by atoms with Gasteiger partial charge in [0, 0.05) is 12.0 Å². The van der Waals surface area contributed by atoms with E-state index in [-0.39, 0.29) is 11.5 Å². The maximum Gasteiger partial charge on any atom is 0.0608 e. The molecule has 2 unspecified atom stereocenters. The summed E-state index contributed by atoms with van der Waals surface area (Å²) in [7, 11) is 0. The summed E-state index contributed by atoms with van der Waals surface area (Å²) in [6.07, 6.45) is 6.63. The number of hydrogen-bond acceptors (Lipinski definition) is 2. The number of nitrogens with two attached hydrogens (primary N) is 1. The Hall–Kier alpha value is -0.0800. The van der Waals surface area contributed by atoms with E-state index in [0.717, 1.165) is 19.3 Å². The molecule has 0 amide bonds. The first-order chi connectivity index (χ1) is 6.60. The van der Waals surface area contributed by atoms with Crippen LogP contribution in [0.1, 0.15) is 52.4 Å². The number of hydrogen-bond donors (Lipinski definition) is 2. The Balaban J connectivity index is 2.54. The number of rotatable bonds is 4. The van der Waals surface area contributed by atoms with Crippen LogP contribution in [0.15, 0.2) is 0 Å². The summed E-state index contributed by atoms with van der Waals surface area (Å²) in [5.74, 6) is 0.715. The van der Waals surface area contributed by atoms with Crippen LogP contribution in [0.4, 0.5) is 0 Å². The molecule has 0 aromatic rings. The molecule has 0 bridgehead atoms. The highest BCUT2D eigenvalue weighted by Crippen LogP contribution is 2.40. The van der Waals surface area contributed by atoms with E-state index in [1.165, 1.54) is 19.3 Å². The maximum absolute atomic E-state index is 10.1. The zero-order valence-corrected chi connectivity index (χ0v) is 9.63. The third kappa shape index (κ3) is 2.71. The second-order valence-electron chi connectivity index (χ2n) is 5.26. The first-order valence-corrected chi connectivity index (χ1v) is 5.99. The molecule has 2 atom stereocenters. The van der Waals surface area contributed by atoms with Gasteiger partial charge in [0.25, 0.3) is 0 Å². The minimum atomic E-state index is -0.153. The normalized spacial score (nSPS) is 33.6. The summed E-state index contributed by atoms with van der Waals surface area (Å²) < 4.78 is 0. The summed E-state index contributed by atoms with van der Waals surface area (Å²) in [4.78, 5) is 0. The molecule has 1 fully saturated rings. The van der Waals surface area contributed by atoms with Crippen molar-refractivity contribution in [3.63, 3.8) is 0 Å². The van der Waals surface area contributed by atoms with Crippen LogP contribution in [0.5, 0.6) is 0 Å². The zero-order valence-electron chi connectivity index (χ0n) is 9.63. The fourth-order valence-electron chi connectivity index (χ4n) is 2.50. The van der Waals surface area contributed by atoms with Crippen molar-refractivity contribution in [1.29, 1.82) is 0 Å². The Morgan fingerprint density at radius 1 is 1.43 bits per heavy atom. The molecule has 84 valence electrons. The van der Waals surface area contributed by atoms with Crippen LogP contribution in [-0.2, 0) is 0 Å². The SMILES string of the molecule is CC(C)CCC1(CN)CCCCC1O. The highest BCUT2D eigenvalue weighted by atomic mass is 16.3. The molecular weight excluding hydrogens is 174 g/mol. The Bertz CT molecular complexity index is 170. The van der Waals surface area contributed by atoms with Gasteiger partial charge in [0.2, 0.25) is 0 Å². The maximum atomic E-state index is 10.1. The van der Waals surface area contributed by atoms with Gasteiger partial charge in [-0.05, 0) is 25.2 Å². The van der Waals surface area contributed by atoms with Gasteiger partial charge in [0.05, 0.1) is 6.10 Å². The first-order valence-electron chi connectivity index (χ1n) is 5.99. The molecule has 14 heavy (non-hydrogen) atoms. The number of aliphatic hydroxyl groups is 1. The molecule has 1 saturated carbocycles. The van der Waals surface area contributed by atoms with Crippen LogP contribution < -0.4 is 5.73 Å². The molecule has 0 aliphatic heterocycles. The van der Waals surface area contributed by atoms with E-state index in [1.807, 2.05) is 0 Å². The lowest BCUT2D eigenvalue weighted by atomic mass is 9.68. The lowest BCUT2D eigenvalue weighted by Gasteiger charge is -2.41. The van der Waals surface area contributed by atoms with Crippen LogP contribution in [0.2, 0.25) is 0 Å². The molecule has 3 N–H and O–H groups in total. The summed E-state index contributed by atoms with van der Waals surface area (Å²) in [6, 6.07) is 0. The van der Waals surface area contributed by atoms with E-state index in [4.69, 9.17) is 5.73 Å². The molecule has 1 aliphatic rings. The largest absolute Gasteiger partial charge is 0.393 e. The van der Waals surface area contributed by atoms with Gasteiger partial charge < -0.3 is 10.8 Å². The fourth-order valence-corrected chi connectivity index (χ4v) is 2.50. The van der Waals surface area contributed by atoms with Crippen molar-refractivity contribution in [3.05, 3.63) is 0 Å². The summed E-state index contributed by atoms with van der Waals surface area (Å²) in [6.45, 7) is 5.12. The molecular formula is C12H25NO. The molecule has 2 heteroatoms. The predicted molar refractivity (Wildman–Crippen MR) is 60.0 cm³/mol. The van der Waals surface area contributed by atoms with E-state index in [2.05, 4.69) is 13.8 Å². The second kappa shape index (κ2) is 5.13. The van der Waals surface area contributed by atoms with Crippen LogP contribution >= 0.6 is 0 Å². The summed E-state index contributed by atoms with van der Waals surface area (Å²) >= 11 is 0. The van der Waals surface area contributed by atoms with Crippen LogP contribution in [0, 0.1) is 11.3 Å². The van der Waals surface area contributed by atoms with Gasteiger partial charge in [-0.2, -0.15) is 0 Å². The van der Waals surface area contributed by atoms with E-state index in [0.29, 0.717) is 12.5 Å². The quantitative estimate of drug-likeness (QED) is 0.730. The van der Waals surface area contributed by atoms with E-state index in [9.17, 15) is 5.11 Å². The van der Waals surface area contributed by atoms with Crippen molar-refractivity contribution in [2.75, 3.05) is 6.54 Å². The van der Waals surface area contributed by atoms with Crippen molar-refractivity contribution in [3.8, 4) is 0 Å². The van der Waals surface area contributed by atoms with Gasteiger partial charge in [-0.3, -0.25) is 0 Å². The van der Waals surface area contributed by atoms with Crippen molar-refractivity contribution < 1.29 is 5.11 Å². The predicted octanol–water partition coefficient (Wildman–Crippen LogP) is 2.30. The molecule has 0 heterocycles. The van der Waals surface area contributed by atoms with E-state index >= 15 is 0 Å². The molecule has 1 aliphatic carbocycles. The monoisotopic (exact) mass is 199 g/mol. The smallest absolute Gasteiger partial charge is 0.0608 e. The molecule has 0 spiro atoms. The molecule has 0 aromatic carbocycles. The Labute approximate surface area is 87.9 Å². The van der Waals surface area contributed by atoms with Gasteiger partial charge in [-0.25, -0.2) is 0 Å². The zero-order chi connectivity index (χ0) is 10.6. The highest BCUT2D eigenvalue weighted by Gasteiger charge is 2.38. The minimum absolute atomic E-state index is 0.0442. The van der Waals surface area contributed by atoms with Crippen LogP contribution in [0.25, 0.3) is 0 Å². The average Bonchev–Trinajstić information content (AvgIpc) is 2.17. The van der Waals surface area contributed by atoms with Crippen molar-refractivity contribution in [2.24, 2.45) is 17.1 Å². The third-order valence-electron chi connectivity index (χ3n) is 3.74. The van der Waals surface area contributed by atoms with Crippen LogP contribution in [0.3, 0.4) is 0 Å². The fraction of sp³-hybridized carbons (Fsp3) is 1.00. The lowest BCUT2D eigenvalue weighted by molar-refractivity contribution is -0.0148. The van der Waals surface area contributed by atoms with E-state index < -0.39 is 0 Å². The molecule has 1 rings (SSSR count). The Kier molecular flexibility index (Phi) is 4.39. The first kappa shape index (κ1) is 12.0. The summed E-state index contributed by atoms with van der Waals surface area (Å²) in [5.41, 5.74) is 5.90. The van der Waals surface area contributed by atoms with Gasteiger partial charge in [-0.15, -0.1) is 0 Å². The number of aliphatic hydroxyl groups excluding tert-OH is 1. The molecule has 2 nitrogen and oxygen atoms in total. The van der Waals surface area contributed by atoms with Crippen LogP contribution in [-0.4, -0.2) is 17.8 Å². The van der Waals surface area contributed by atoms with Gasteiger partial charge in [0.1, 0.15) is 0 Å². The van der Waals surface area contributed by atoms with Gasteiger partial charge in [-0.1, -0.05) is 33.1 Å². The van der Waals surface area contributed by atoms with Gasteiger partial charge >= 0.3 is 0 Å². The standard InChI is InChI=1S/C12H25NO/c1-10(2)6-8-12(9-13)7-4-3-5-11(12)14/h10-11,14H,3-9,13H2,1-2H3. The Morgan fingerprint density at radius 3 is 2.64 bits per heavy atom. The van der Waals surface area contributed by atoms with Gasteiger partial charge in [0.15, 0.2) is 0 Å². The van der Waals surface area contributed by atoms with Crippen molar-refractivity contribution in [2.45, 2.75) is 58.5 Å². The highest BCUT2D eigenvalue weighted by molar-refractivity contribution is 4.90. The average molecular weight is 199 g/mol. The lowest BCUT2D eigenvalue weighted by Crippen LogP contribution is -2.44. The molecule has 0 saturated heterocycles. The Morgan fingerprint density at radius 2 is 2.14 bits per heavy atom. The molecule has 0 aromatic heterocycles. The molecule has 0 radical (unpaired) electrons. The topological polar surface area (TPSA) is 46.2 Å². The second-order valence-corrected chi connectivity index (χ2v) is 5.26. The van der Waals surface area contributed by atoms with Crippen molar-refractivity contribution in [1.82, 2.24) is 0 Å².